The Labute approximate surface area is 149 Å². The second-order valence-electron chi connectivity index (χ2n) is 5.64. The molecule has 1 amide bonds. The molecular formula is C18H18N4O4. The fourth-order valence-corrected chi connectivity index (χ4v) is 2.62. The maximum absolute atomic E-state index is 12.8. The Morgan fingerprint density at radius 1 is 1.23 bits per heavy atom. The second-order valence-corrected chi connectivity index (χ2v) is 5.64. The minimum atomic E-state index is -0.439. The van der Waals surface area contributed by atoms with Crippen molar-refractivity contribution in [2.24, 2.45) is 0 Å². The highest BCUT2D eigenvalue weighted by Gasteiger charge is 2.16. The van der Waals surface area contributed by atoms with Gasteiger partial charge in [0.05, 0.1) is 25.8 Å². The van der Waals surface area contributed by atoms with E-state index in [4.69, 9.17) is 9.47 Å². The number of carbonyl (C=O) groups excluding carboxylic acids is 1. The van der Waals surface area contributed by atoms with Gasteiger partial charge in [-0.2, -0.15) is 5.10 Å². The number of pyridine rings is 1. The molecule has 0 saturated carbocycles. The van der Waals surface area contributed by atoms with Gasteiger partial charge in [-0.05, 0) is 36.8 Å². The van der Waals surface area contributed by atoms with Crippen LogP contribution in [0.15, 0.2) is 41.5 Å². The van der Waals surface area contributed by atoms with Crippen LogP contribution in [0.5, 0.6) is 11.5 Å². The van der Waals surface area contributed by atoms with Crippen LogP contribution in [0.3, 0.4) is 0 Å². The summed E-state index contributed by atoms with van der Waals surface area (Å²) < 4.78 is 11.6. The number of carbonyl (C=O) groups is 1. The molecule has 0 radical (unpaired) electrons. The molecule has 3 rings (SSSR count). The highest BCUT2D eigenvalue weighted by molar-refractivity contribution is 5.91. The molecule has 8 heteroatoms. The third-order valence-electron chi connectivity index (χ3n) is 3.84. The molecule has 0 fully saturated rings. The van der Waals surface area contributed by atoms with E-state index in [-0.39, 0.29) is 6.54 Å². The first-order valence-corrected chi connectivity index (χ1v) is 7.87. The van der Waals surface area contributed by atoms with E-state index in [1.807, 2.05) is 13.0 Å². The van der Waals surface area contributed by atoms with Crippen molar-refractivity contribution >= 4 is 22.5 Å². The van der Waals surface area contributed by atoms with Gasteiger partial charge in [-0.25, -0.2) is 9.67 Å². The van der Waals surface area contributed by atoms with Gasteiger partial charge in [0.2, 0.25) is 5.91 Å². The Balaban J connectivity index is 1.94. The molecule has 8 nitrogen and oxygen atoms in total. The van der Waals surface area contributed by atoms with Crippen molar-refractivity contribution in [3.63, 3.8) is 0 Å². The van der Waals surface area contributed by atoms with Crippen molar-refractivity contribution in [2.75, 3.05) is 19.5 Å². The Kier molecular flexibility index (Phi) is 4.83. The van der Waals surface area contributed by atoms with E-state index >= 15 is 0 Å². The molecule has 0 aliphatic carbocycles. The third kappa shape index (κ3) is 3.34. The quantitative estimate of drug-likeness (QED) is 0.750. The lowest BCUT2D eigenvalue weighted by atomic mass is 10.1. The standard InChI is InChI=1S/C18H18N4O4/c1-11-6-7-19-14(8-11)21-15(23)10-22-18(24)16-12(9-20-22)4-5-13(25-2)17(16)26-3/h4-9H,10H2,1-3H3,(H,19,21,23). The third-order valence-corrected chi connectivity index (χ3v) is 3.84. The largest absolute Gasteiger partial charge is 0.493 e. The lowest BCUT2D eigenvalue weighted by molar-refractivity contribution is -0.117. The van der Waals surface area contributed by atoms with Crippen molar-refractivity contribution in [2.45, 2.75) is 13.5 Å². The van der Waals surface area contributed by atoms with E-state index in [1.54, 1.807) is 24.4 Å². The number of rotatable bonds is 5. The average molecular weight is 354 g/mol. The van der Waals surface area contributed by atoms with Crippen molar-refractivity contribution in [1.29, 1.82) is 0 Å². The number of aromatic nitrogens is 3. The highest BCUT2D eigenvalue weighted by Crippen LogP contribution is 2.32. The smallest absolute Gasteiger partial charge is 0.279 e. The van der Waals surface area contributed by atoms with Crippen LogP contribution >= 0.6 is 0 Å². The van der Waals surface area contributed by atoms with Crippen LogP contribution in [0.25, 0.3) is 10.8 Å². The number of fused-ring (bicyclic) bond motifs is 1. The fraction of sp³-hybridized carbons (Fsp3) is 0.222. The molecule has 2 aromatic heterocycles. The Morgan fingerprint density at radius 2 is 2.04 bits per heavy atom. The summed E-state index contributed by atoms with van der Waals surface area (Å²) in [6, 6.07) is 6.97. The van der Waals surface area contributed by atoms with Crippen LogP contribution in [-0.4, -0.2) is 34.9 Å². The number of methoxy groups -OCH3 is 2. The summed E-state index contributed by atoms with van der Waals surface area (Å²) in [6.45, 7) is 1.65. The number of amides is 1. The van der Waals surface area contributed by atoms with E-state index in [0.717, 1.165) is 10.2 Å². The van der Waals surface area contributed by atoms with Crippen LogP contribution in [0.4, 0.5) is 5.82 Å². The number of hydrogen-bond donors (Lipinski definition) is 1. The van der Waals surface area contributed by atoms with Crippen molar-refractivity contribution in [3.05, 3.63) is 52.6 Å². The van der Waals surface area contributed by atoms with Gasteiger partial charge >= 0.3 is 0 Å². The summed E-state index contributed by atoms with van der Waals surface area (Å²) >= 11 is 0. The monoisotopic (exact) mass is 354 g/mol. The molecule has 0 aliphatic rings. The minimum absolute atomic E-state index is 0.245. The van der Waals surface area contributed by atoms with E-state index in [0.29, 0.717) is 28.1 Å². The number of nitrogens with one attached hydrogen (secondary N) is 1. The zero-order valence-corrected chi connectivity index (χ0v) is 14.6. The molecule has 3 aromatic rings. The number of anilines is 1. The molecule has 2 heterocycles. The van der Waals surface area contributed by atoms with E-state index < -0.39 is 11.5 Å². The molecule has 0 spiro atoms. The van der Waals surface area contributed by atoms with Gasteiger partial charge in [0.25, 0.3) is 5.56 Å². The fourth-order valence-electron chi connectivity index (χ4n) is 2.62. The summed E-state index contributed by atoms with van der Waals surface area (Å²) in [4.78, 5) is 29.1. The lowest BCUT2D eigenvalue weighted by Gasteiger charge is -2.12. The lowest BCUT2D eigenvalue weighted by Crippen LogP contribution is -2.30. The summed E-state index contributed by atoms with van der Waals surface area (Å²) in [7, 11) is 2.95. The summed E-state index contributed by atoms with van der Waals surface area (Å²) in [5.41, 5.74) is 0.527. The molecule has 0 saturated heterocycles. The Hall–Kier alpha value is -3.42. The van der Waals surface area contributed by atoms with Gasteiger partial charge in [-0.15, -0.1) is 0 Å². The first kappa shape index (κ1) is 17.4. The Morgan fingerprint density at radius 3 is 2.73 bits per heavy atom. The number of hydrogen-bond acceptors (Lipinski definition) is 6. The van der Waals surface area contributed by atoms with E-state index in [9.17, 15) is 9.59 Å². The van der Waals surface area contributed by atoms with Crippen molar-refractivity contribution < 1.29 is 14.3 Å². The average Bonchev–Trinajstić information content (AvgIpc) is 2.63. The van der Waals surface area contributed by atoms with Crippen LogP contribution in [-0.2, 0) is 11.3 Å². The summed E-state index contributed by atoms with van der Waals surface area (Å²) in [6.07, 6.45) is 3.11. The van der Waals surface area contributed by atoms with Crippen molar-refractivity contribution in [3.8, 4) is 11.5 Å². The van der Waals surface area contributed by atoms with Gasteiger partial charge < -0.3 is 14.8 Å². The van der Waals surface area contributed by atoms with Crippen LogP contribution in [0.2, 0.25) is 0 Å². The molecule has 1 N–H and O–H groups in total. The molecule has 0 bridgehead atoms. The van der Waals surface area contributed by atoms with Crippen LogP contribution < -0.4 is 20.3 Å². The zero-order valence-electron chi connectivity index (χ0n) is 14.6. The topological polar surface area (TPSA) is 95.3 Å². The zero-order chi connectivity index (χ0) is 18.7. The van der Waals surface area contributed by atoms with Crippen molar-refractivity contribution in [1.82, 2.24) is 14.8 Å². The SMILES string of the molecule is COc1ccc2cnn(CC(=O)Nc3cc(C)ccn3)c(=O)c2c1OC. The maximum atomic E-state index is 12.8. The van der Waals surface area contributed by atoms with Gasteiger partial charge in [0.15, 0.2) is 11.5 Å². The van der Waals surface area contributed by atoms with E-state index in [1.165, 1.54) is 20.4 Å². The predicted octanol–water partition coefficient (Wildman–Crippen LogP) is 1.76. The molecule has 0 atom stereocenters. The number of aryl methyl sites for hydroxylation is 1. The highest BCUT2D eigenvalue weighted by atomic mass is 16.5. The minimum Gasteiger partial charge on any atom is -0.493 e. The van der Waals surface area contributed by atoms with Crippen LogP contribution in [0.1, 0.15) is 5.56 Å². The second kappa shape index (κ2) is 7.22. The van der Waals surface area contributed by atoms with Gasteiger partial charge in [0, 0.05) is 11.6 Å². The Bertz CT molecular complexity index is 1030. The summed E-state index contributed by atoms with van der Waals surface area (Å²) in [5, 5.41) is 7.63. The molecule has 1 aromatic carbocycles. The summed E-state index contributed by atoms with van der Waals surface area (Å²) in [5.74, 6) is 0.761. The maximum Gasteiger partial charge on any atom is 0.279 e. The van der Waals surface area contributed by atoms with Gasteiger partial charge in [0.1, 0.15) is 12.4 Å². The van der Waals surface area contributed by atoms with Gasteiger partial charge in [-0.1, -0.05) is 0 Å². The van der Waals surface area contributed by atoms with Crippen LogP contribution in [0, 0.1) is 6.92 Å². The number of ether oxygens (including phenoxy) is 2. The first-order chi connectivity index (χ1) is 12.5. The molecule has 0 aliphatic heterocycles. The first-order valence-electron chi connectivity index (χ1n) is 7.87. The molecule has 26 heavy (non-hydrogen) atoms. The van der Waals surface area contributed by atoms with E-state index in [2.05, 4.69) is 15.4 Å². The normalized spacial score (nSPS) is 10.6. The number of nitrogens with zero attached hydrogens (tertiary/aromatic N) is 3. The number of benzene rings is 1. The molecule has 134 valence electrons. The molecular weight excluding hydrogens is 336 g/mol. The predicted molar refractivity (Wildman–Crippen MR) is 96.7 cm³/mol. The molecule has 0 unspecified atom stereocenters. The van der Waals surface area contributed by atoms with Gasteiger partial charge in [-0.3, -0.25) is 9.59 Å².